The molecule has 0 heterocycles. The molecule has 12 heteroatoms. The van der Waals surface area contributed by atoms with Crippen LogP contribution in [0.5, 0.6) is 5.75 Å². The van der Waals surface area contributed by atoms with E-state index < -0.39 is 39.1 Å². The number of aliphatic carboxylic acids is 1. The Morgan fingerprint density at radius 1 is 1.00 bits per heavy atom. The van der Waals surface area contributed by atoms with Crippen LogP contribution in [0.3, 0.4) is 0 Å². The molecule has 12 nitrogen and oxygen atoms in total. The minimum absolute atomic E-state index is 0.281. The Balaban J connectivity index is 0.000000249. The van der Waals surface area contributed by atoms with Crippen LogP contribution in [0.15, 0.2) is 66.7 Å². The van der Waals surface area contributed by atoms with Crippen LogP contribution >= 0.6 is 0 Å². The van der Waals surface area contributed by atoms with Gasteiger partial charge in [-0.15, -0.1) is 0 Å². The number of carboxylic acids is 1. The number of nitrogens with one attached hydrogen (secondary N) is 2. The van der Waals surface area contributed by atoms with Gasteiger partial charge >= 0.3 is 5.97 Å². The van der Waals surface area contributed by atoms with E-state index in [1.54, 1.807) is 24.3 Å². The normalized spacial score (nSPS) is 14.6. The van der Waals surface area contributed by atoms with E-state index >= 15 is 0 Å². The van der Waals surface area contributed by atoms with Gasteiger partial charge in [-0.2, -0.15) is 0 Å². The second-order valence-corrected chi connectivity index (χ2v) is 9.22. The number of amides is 1. The maximum Gasteiger partial charge on any atom is 0.330 e. The molecule has 0 radical (unpaired) electrons. The van der Waals surface area contributed by atoms with Crippen molar-refractivity contribution in [3.63, 3.8) is 0 Å². The Morgan fingerprint density at radius 3 is 2.23 bits per heavy atom. The number of carbonyl (C=O) groups excluding carboxylic acids is 1. The zero-order valence-corrected chi connectivity index (χ0v) is 21.8. The molecule has 0 saturated carbocycles. The fourth-order valence-corrected chi connectivity index (χ4v) is 4.39. The van der Waals surface area contributed by atoms with Crippen molar-refractivity contribution in [1.82, 2.24) is 10.6 Å². The second-order valence-electron chi connectivity index (χ2n) is 9.22. The van der Waals surface area contributed by atoms with Crippen molar-refractivity contribution < 1.29 is 29.6 Å². The summed E-state index contributed by atoms with van der Waals surface area (Å²) in [7, 11) is 0. The third kappa shape index (κ3) is 7.84. The van der Waals surface area contributed by atoms with Crippen molar-refractivity contribution >= 4 is 23.3 Å². The molecule has 0 saturated heterocycles. The monoisotopic (exact) mass is 550 g/mol. The van der Waals surface area contributed by atoms with Gasteiger partial charge < -0.3 is 20.8 Å². The first-order valence-electron chi connectivity index (χ1n) is 12.7. The average molecular weight is 551 g/mol. The van der Waals surface area contributed by atoms with E-state index in [2.05, 4.69) is 23.6 Å². The van der Waals surface area contributed by atoms with E-state index in [0.29, 0.717) is 17.9 Å². The molecular weight excluding hydrogens is 520 g/mol. The zero-order chi connectivity index (χ0) is 29.2. The number of benzene rings is 3. The van der Waals surface area contributed by atoms with Gasteiger partial charge in [0.2, 0.25) is 0 Å². The van der Waals surface area contributed by atoms with E-state index in [4.69, 9.17) is 0 Å². The highest BCUT2D eigenvalue weighted by atomic mass is 16.6. The first-order valence-corrected chi connectivity index (χ1v) is 12.7. The van der Waals surface area contributed by atoms with Crippen LogP contribution in [0, 0.1) is 20.2 Å². The summed E-state index contributed by atoms with van der Waals surface area (Å²) in [6.45, 7) is 3.29. The first kappa shape index (κ1) is 29.7. The molecule has 3 aromatic carbocycles. The minimum Gasteiger partial charge on any atom is -0.508 e. The number of carboxylic acid groups (broad SMARTS) is 1. The summed E-state index contributed by atoms with van der Waals surface area (Å²) in [5.74, 6) is -1.86. The van der Waals surface area contributed by atoms with Gasteiger partial charge in [-0.1, -0.05) is 49.4 Å². The fourth-order valence-electron chi connectivity index (χ4n) is 4.39. The van der Waals surface area contributed by atoms with Crippen LogP contribution in [0.2, 0.25) is 0 Å². The van der Waals surface area contributed by atoms with Crippen molar-refractivity contribution in [2.75, 3.05) is 6.54 Å². The van der Waals surface area contributed by atoms with Gasteiger partial charge in [0.1, 0.15) is 5.75 Å². The van der Waals surface area contributed by atoms with E-state index in [-0.39, 0.29) is 11.1 Å². The lowest BCUT2D eigenvalue weighted by Crippen LogP contribution is -2.34. The lowest BCUT2D eigenvalue weighted by molar-refractivity contribution is -0.394. The molecule has 40 heavy (non-hydrogen) atoms. The van der Waals surface area contributed by atoms with Crippen molar-refractivity contribution in [2.24, 2.45) is 0 Å². The van der Waals surface area contributed by atoms with Gasteiger partial charge in [0.25, 0.3) is 17.3 Å². The van der Waals surface area contributed by atoms with Gasteiger partial charge in [-0.25, -0.2) is 4.79 Å². The molecule has 3 aromatic rings. The van der Waals surface area contributed by atoms with E-state index in [9.17, 15) is 40.0 Å². The van der Waals surface area contributed by atoms with Gasteiger partial charge in [-0.3, -0.25) is 25.0 Å². The van der Waals surface area contributed by atoms with Crippen molar-refractivity contribution in [3.8, 4) is 5.75 Å². The Bertz CT molecular complexity index is 1350. The predicted molar refractivity (Wildman–Crippen MR) is 146 cm³/mol. The molecule has 0 bridgehead atoms. The summed E-state index contributed by atoms with van der Waals surface area (Å²) < 4.78 is 0. The molecule has 0 aliphatic heterocycles. The molecule has 210 valence electrons. The molecule has 1 aliphatic rings. The number of phenols is 1. The summed E-state index contributed by atoms with van der Waals surface area (Å²) in [5.41, 5.74) is 1.07. The molecule has 0 fully saturated rings. The highest BCUT2D eigenvalue weighted by molar-refractivity contribution is 5.98. The third-order valence-corrected chi connectivity index (χ3v) is 6.38. The van der Waals surface area contributed by atoms with Crippen molar-refractivity contribution in [1.29, 1.82) is 0 Å². The van der Waals surface area contributed by atoms with Gasteiger partial charge in [-0.05, 0) is 55.0 Å². The lowest BCUT2D eigenvalue weighted by Gasteiger charge is -2.25. The van der Waals surface area contributed by atoms with Crippen LogP contribution in [0.1, 0.15) is 52.9 Å². The topological polar surface area (TPSA) is 185 Å². The van der Waals surface area contributed by atoms with Crippen molar-refractivity contribution in [2.45, 2.75) is 44.7 Å². The largest absolute Gasteiger partial charge is 0.508 e. The Kier molecular flexibility index (Phi) is 10.3. The maximum atomic E-state index is 12.3. The average Bonchev–Trinajstić information content (AvgIpc) is 2.95. The SMILES string of the molecule is CCCN[C@H]1CCc2c(O)cccc2C1.O=C(N[C@@H](C(=O)O)c1ccccc1)c1cc([N+](=O)[O-])cc([N+](=O)[O-])c1. The summed E-state index contributed by atoms with van der Waals surface area (Å²) in [6.07, 6.45) is 4.39. The number of non-ortho nitro benzene ring substituents is 2. The number of hydrogen-bond donors (Lipinski definition) is 4. The van der Waals surface area contributed by atoms with Crippen molar-refractivity contribution in [3.05, 3.63) is 109 Å². The molecule has 1 amide bonds. The molecule has 1 aliphatic carbocycles. The molecule has 0 aromatic heterocycles. The number of aromatic hydroxyl groups is 1. The van der Waals surface area contributed by atoms with E-state index in [0.717, 1.165) is 43.5 Å². The van der Waals surface area contributed by atoms with Gasteiger partial charge in [0, 0.05) is 18.2 Å². The van der Waals surface area contributed by atoms with Gasteiger partial charge in [0.05, 0.1) is 21.5 Å². The molecule has 4 N–H and O–H groups in total. The Morgan fingerprint density at radius 2 is 1.65 bits per heavy atom. The molecule has 4 rings (SSSR count). The minimum atomic E-state index is -1.41. The molecule has 2 atom stereocenters. The van der Waals surface area contributed by atoms with E-state index in [1.165, 1.54) is 24.1 Å². The number of nitro groups is 2. The van der Waals surface area contributed by atoms with Crippen LogP contribution in [0.4, 0.5) is 11.4 Å². The smallest absolute Gasteiger partial charge is 0.330 e. The predicted octanol–water partition coefficient (Wildman–Crippen LogP) is 4.31. The van der Waals surface area contributed by atoms with E-state index in [1.807, 2.05) is 6.07 Å². The lowest BCUT2D eigenvalue weighted by atomic mass is 9.87. The van der Waals surface area contributed by atoms with Gasteiger partial charge in [0.15, 0.2) is 6.04 Å². The quantitative estimate of drug-likeness (QED) is 0.223. The number of nitro benzene ring substituents is 2. The maximum absolute atomic E-state index is 12.3. The zero-order valence-electron chi connectivity index (χ0n) is 21.8. The highest BCUT2D eigenvalue weighted by Gasteiger charge is 2.25. The number of phenolic OH excluding ortho intramolecular Hbond substituents is 1. The van der Waals surface area contributed by atoms with Crippen LogP contribution < -0.4 is 10.6 Å². The number of hydrogen-bond acceptors (Lipinski definition) is 8. The highest BCUT2D eigenvalue weighted by Crippen LogP contribution is 2.28. The molecular formula is C28H30N4O8. The Hall–Kier alpha value is -4.84. The first-order chi connectivity index (χ1) is 19.1. The fraction of sp³-hybridized carbons (Fsp3) is 0.286. The number of fused-ring (bicyclic) bond motifs is 1. The summed E-state index contributed by atoms with van der Waals surface area (Å²) >= 11 is 0. The number of nitrogens with zero attached hydrogens (tertiary/aromatic N) is 2. The summed E-state index contributed by atoms with van der Waals surface area (Å²) in [5, 5.41) is 46.4. The second kappa shape index (κ2) is 13.8. The molecule has 0 unspecified atom stereocenters. The summed E-state index contributed by atoms with van der Waals surface area (Å²) in [6, 6.07) is 15.2. The summed E-state index contributed by atoms with van der Waals surface area (Å²) in [4.78, 5) is 43.6. The van der Waals surface area contributed by atoms with Crippen LogP contribution in [-0.4, -0.2) is 44.5 Å². The molecule has 0 spiro atoms. The number of carbonyl (C=O) groups is 2. The third-order valence-electron chi connectivity index (χ3n) is 6.38. The number of rotatable bonds is 9. The van der Waals surface area contributed by atoms with Crippen LogP contribution in [0.25, 0.3) is 0 Å². The Labute approximate surface area is 230 Å². The van der Waals surface area contributed by atoms with Crippen LogP contribution in [-0.2, 0) is 17.6 Å². The standard InChI is InChI=1S/C15H11N3O7.C13H19NO/c19-14(16-13(15(20)21)9-4-2-1-3-5-9)10-6-11(17(22)23)8-12(7-10)18(24)25;1-2-8-14-11-6-7-12-10(9-11)4-3-5-13(12)15/h1-8,13H,(H,16,19)(H,20,21);3-5,11,14-15H,2,6-9H2,1H3/t13-;11-/m10/s1.